The molecule has 0 aliphatic heterocycles. The van der Waals surface area contributed by atoms with E-state index < -0.39 is 0 Å². The summed E-state index contributed by atoms with van der Waals surface area (Å²) in [6, 6.07) is 18.0. The van der Waals surface area contributed by atoms with Gasteiger partial charge in [0.15, 0.2) is 0 Å². The van der Waals surface area contributed by atoms with Gasteiger partial charge in [0.25, 0.3) is 0 Å². The second kappa shape index (κ2) is 21.5. The summed E-state index contributed by atoms with van der Waals surface area (Å²) in [6.45, 7) is 26.9. The molecule has 278 valence electrons. The maximum atomic E-state index is 12.7. The summed E-state index contributed by atoms with van der Waals surface area (Å²) in [7, 11) is 0. The van der Waals surface area contributed by atoms with Crippen LogP contribution >= 0.6 is 0 Å². The molecule has 0 radical (unpaired) electrons. The van der Waals surface area contributed by atoms with Crippen LogP contribution in [0.25, 0.3) is 0 Å². The molecule has 0 N–H and O–H groups in total. The first-order valence-electron chi connectivity index (χ1n) is 19.0. The summed E-state index contributed by atoms with van der Waals surface area (Å²) in [4.78, 5) is 27.7. The Kier molecular flexibility index (Phi) is 18.3. The lowest BCUT2D eigenvalue weighted by molar-refractivity contribution is -0.123. The highest BCUT2D eigenvalue weighted by atomic mass is 19.1. The van der Waals surface area contributed by atoms with Crippen LogP contribution in [0, 0.1) is 38.6 Å². The molecule has 2 saturated carbocycles. The van der Waals surface area contributed by atoms with E-state index in [1.165, 1.54) is 47.1 Å². The Balaban J connectivity index is 0.000000222. The van der Waals surface area contributed by atoms with Crippen LogP contribution in [0.5, 0.6) is 0 Å². The van der Waals surface area contributed by atoms with Crippen LogP contribution in [0.4, 0.5) is 4.39 Å². The zero-order valence-electron chi connectivity index (χ0n) is 33.8. The summed E-state index contributed by atoms with van der Waals surface area (Å²) in [6.07, 6.45) is 8.94. The Morgan fingerprint density at radius 1 is 0.627 bits per heavy atom. The molecule has 5 nitrogen and oxygen atoms in total. The van der Waals surface area contributed by atoms with Crippen molar-refractivity contribution in [2.75, 3.05) is 0 Å². The number of halogens is 1. The van der Waals surface area contributed by atoms with Crippen molar-refractivity contribution >= 4 is 5.78 Å². The molecule has 0 unspecified atom stereocenters. The maximum absolute atomic E-state index is 12.7. The third-order valence-corrected chi connectivity index (χ3v) is 8.58. The molecular weight excluding hydrogens is 632 g/mol. The number of aryl methyl sites for hydroxylation is 3. The van der Waals surface area contributed by atoms with E-state index in [9.17, 15) is 9.18 Å². The molecule has 0 amide bonds. The quantitative estimate of drug-likeness (QED) is 0.180. The summed E-state index contributed by atoms with van der Waals surface area (Å²) in [5.41, 5.74) is 9.15. The van der Waals surface area contributed by atoms with Crippen molar-refractivity contribution in [3.8, 4) is 0 Å². The summed E-state index contributed by atoms with van der Waals surface area (Å²) in [5.74, 6) is 3.57. The molecule has 2 aliphatic carbocycles. The van der Waals surface area contributed by atoms with Crippen molar-refractivity contribution in [2.24, 2.45) is 11.8 Å². The van der Waals surface area contributed by atoms with E-state index in [0.29, 0.717) is 35.4 Å². The second-order valence-corrected chi connectivity index (χ2v) is 15.6. The fourth-order valence-corrected chi connectivity index (χ4v) is 4.96. The molecule has 2 aliphatic rings. The van der Waals surface area contributed by atoms with Crippen molar-refractivity contribution < 1.29 is 9.18 Å². The topological polar surface area (TPSA) is 68.6 Å². The van der Waals surface area contributed by atoms with E-state index in [2.05, 4.69) is 98.7 Å². The number of Topliss-reactive ketones (excluding diaryl/α,β-unsaturated/α-hetero) is 1. The lowest BCUT2D eigenvalue weighted by Crippen LogP contribution is -2.08. The third-order valence-electron chi connectivity index (χ3n) is 8.58. The Hall–Kier alpha value is -3.80. The SMILES string of the molecule is CC(C)C(=O)C1CC1.CC(C)c1ccc(C2CC2)cn1.Cc1cc(F)nc(C(C)C)c1.Cc1cccc(C(C)C)n1.Cc1ccnc(C(C)C)c1. The number of hydrogen-bond donors (Lipinski definition) is 0. The maximum Gasteiger partial charge on any atom is 0.213 e. The minimum atomic E-state index is -0.381. The van der Waals surface area contributed by atoms with E-state index in [0.717, 1.165) is 35.7 Å². The fourth-order valence-electron chi connectivity index (χ4n) is 4.96. The lowest BCUT2D eigenvalue weighted by Gasteiger charge is -2.04. The van der Waals surface area contributed by atoms with Gasteiger partial charge < -0.3 is 0 Å². The van der Waals surface area contributed by atoms with E-state index >= 15 is 0 Å². The van der Waals surface area contributed by atoms with Crippen molar-refractivity contribution in [3.05, 3.63) is 118 Å². The largest absolute Gasteiger partial charge is 0.299 e. The molecule has 6 heteroatoms. The molecule has 4 aromatic rings. The zero-order chi connectivity index (χ0) is 38.2. The number of pyridine rings is 4. The smallest absolute Gasteiger partial charge is 0.213 e. The second-order valence-electron chi connectivity index (χ2n) is 15.6. The predicted octanol–water partition coefficient (Wildman–Crippen LogP) is 12.4. The van der Waals surface area contributed by atoms with Gasteiger partial charge in [0.2, 0.25) is 5.95 Å². The van der Waals surface area contributed by atoms with E-state index in [4.69, 9.17) is 0 Å². The Morgan fingerprint density at radius 2 is 1.22 bits per heavy atom. The van der Waals surface area contributed by atoms with Crippen molar-refractivity contribution in [3.63, 3.8) is 0 Å². The van der Waals surface area contributed by atoms with Crippen molar-refractivity contribution in [2.45, 2.75) is 145 Å². The number of hydrogen-bond acceptors (Lipinski definition) is 5. The Morgan fingerprint density at radius 3 is 1.59 bits per heavy atom. The molecule has 4 heterocycles. The van der Waals surface area contributed by atoms with Gasteiger partial charge in [-0.2, -0.15) is 4.39 Å². The van der Waals surface area contributed by atoms with Crippen LogP contribution in [-0.2, 0) is 4.79 Å². The number of aromatic nitrogens is 4. The molecule has 6 rings (SSSR count). The minimum absolute atomic E-state index is 0.266. The van der Waals surface area contributed by atoms with E-state index in [1.54, 1.807) is 0 Å². The summed E-state index contributed by atoms with van der Waals surface area (Å²) < 4.78 is 12.7. The molecule has 0 atom stereocenters. The van der Waals surface area contributed by atoms with Gasteiger partial charge in [-0.25, -0.2) is 4.98 Å². The molecule has 0 spiro atoms. The van der Waals surface area contributed by atoms with Gasteiger partial charge in [-0.15, -0.1) is 0 Å². The van der Waals surface area contributed by atoms with Gasteiger partial charge in [0.1, 0.15) is 5.78 Å². The normalized spacial score (nSPS) is 13.4. The molecule has 2 fully saturated rings. The number of ketones is 1. The molecule has 0 saturated heterocycles. The van der Waals surface area contributed by atoms with Gasteiger partial charge in [0, 0.05) is 52.7 Å². The molecular formula is C45H65FN4O. The van der Waals surface area contributed by atoms with Crippen LogP contribution in [0.1, 0.15) is 170 Å². The van der Waals surface area contributed by atoms with E-state index in [1.807, 2.05) is 72.1 Å². The summed E-state index contributed by atoms with van der Waals surface area (Å²) >= 11 is 0. The lowest BCUT2D eigenvalue weighted by atomic mass is 10.1. The average Bonchev–Trinajstić information content (AvgIpc) is 4.00. The molecule has 0 aromatic carbocycles. The van der Waals surface area contributed by atoms with Gasteiger partial charge in [-0.1, -0.05) is 81.4 Å². The molecule has 51 heavy (non-hydrogen) atoms. The number of rotatable bonds is 7. The highest BCUT2D eigenvalue weighted by Crippen LogP contribution is 2.39. The fraction of sp³-hybridized carbons (Fsp3) is 0.533. The summed E-state index contributed by atoms with van der Waals surface area (Å²) in [5, 5.41) is 0. The molecule has 4 aromatic heterocycles. The van der Waals surface area contributed by atoms with Gasteiger partial charge in [0.05, 0.1) is 0 Å². The highest BCUT2D eigenvalue weighted by molar-refractivity contribution is 5.84. The van der Waals surface area contributed by atoms with Gasteiger partial charge >= 0.3 is 0 Å². The zero-order valence-corrected chi connectivity index (χ0v) is 33.8. The molecule has 0 bridgehead atoms. The third kappa shape index (κ3) is 17.3. The van der Waals surface area contributed by atoms with Crippen LogP contribution in [0.15, 0.2) is 67.0 Å². The number of nitrogens with zero attached hydrogens (tertiary/aromatic N) is 4. The standard InChI is InChI=1S/C11H15N.C9H12FN.2C9H13N.C7H12O/c1-8(2)11-6-5-10(7-12-11)9-3-4-9;1-6(2)8-4-7(3)5-9(10)11-8;1-7(2)9-6-8(3)4-5-10-9;1-7(2)9-6-4-5-8(3)10-9;1-5(2)7(8)6-3-4-6/h5-9H,3-4H2,1-2H3;4-6H,1-3H3;2*4-7H,1-3H3;5-6H,3-4H2,1-2H3. The van der Waals surface area contributed by atoms with Crippen LogP contribution in [0.2, 0.25) is 0 Å². The first kappa shape index (κ1) is 43.4. The van der Waals surface area contributed by atoms with Crippen molar-refractivity contribution in [1.29, 1.82) is 0 Å². The van der Waals surface area contributed by atoms with Crippen LogP contribution in [0.3, 0.4) is 0 Å². The predicted molar refractivity (Wildman–Crippen MR) is 212 cm³/mol. The van der Waals surface area contributed by atoms with Crippen molar-refractivity contribution in [1.82, 2.24) is 19.9 Å². The van der Waals surface area contributed by atoms with Gasteiger partial charge in [-0.05, 0) is 135 Å². The first-order valence-corrected chi connectivity index (χ1v) is 19.0. The van der Waals surface area contributed by atoms with Gasteiger partial charge in [-0.3, -0.25) is 19.7 Å². The number of carbonyl (C=O) groups is 1. The Labute approximate surface area is 309 Å². The minimum Gasteiger partial charge on any atom is -0.299 e. The average molecular weight is 697 g/mol. The highest BCUT2D eigenvalue weighted by Gasteiger charge is 2.30. The van der Waals surface area contributed by atoms with Crippen LogP contribution in [-0.4, -0.2) is 25.7 Å². The first-order chi connectivity index (χ1) is 24.0. The van der Waals surface area contributed by atoms with Crippen LogP contribution < -0.4 is 0 Å². The number of carbonyl (C=O) groups excluding carboxylic acids is 1. The monoisotopic (exact) mass is 697 g/mol. The van der Waals surface area contributed by atoms with E-state index in [-0.39, 0.29) is 11.9 Å². The Bertz CT molecular complexity index is 1510.